The van der Waals surface area contributed by atoms with Crippen LogP contribution in [0.25, 0.3) is 11.1 Å². The van der Waals surface area contributed by atoms with E-state index in [9.17, 15) is 4.79 Å². The zero-order chi connectivity index (χ0) is 21.7. The van der Waals surface area contributed by atoms with Gasteiger partial charge >= 0.3 is 0 Å². The molecule has 0 saturated carbocycles. The van der Waals surface area contributed by atoms with Gasteiger partial charge in [0.15, 0.2) is 5.84 Å². The van der Waals surface area contributed by atoms with Gasteiger partial charge in [-0.15, -0.1) is 5.11 Å². The molecule has 1 amide bonds. The van der Waals surface area contributed by atoms with Gasteiger partial charge in [0.05, 0.1) is 15.6 Å². The van der Waals surface area contributed by atoms with E-state index < -0.39 is 0 Å². The summed E-state index contributed by atoms with van der Waals surface area (Å²) >= 11 is 12.4. The molecule has 0 aliphatic carbocycles. The highest BCUT2D eigenvalue weighted by molar-refractivity contribution is 6.39. The second-order valence-electron chi connectivity index (χ2n) is 6.14. The van der Waals surface area contributed by atoms with Crippen LogP contribution in [0.3, 0.4) is 0 Å². The zero-order valence-electron chi connectivity index (χ0n) is 15.8. The standard InChI is InChI=1S/C20H17Cl2N7O/c1-11(30)26-14-7-5-12(6-8-14)13-9-15(19(23)25-10-13)20(28-29-24)27-18-16(21)3-2-4-17(18)22/h2-10H,1H3,(H2,23,25)(H,26,30)(H2,24,27,28). The zero-order valence-corrected chi connectivity index (χ0v) is 17.3. The molecule has 0 saturated heterocycles. The van der Waals surface area contributed by atoms with Gasteiger partial charge in [0, 0.05) is 24.4 Å². The third-order valence-electron chi connectivity index (χ3n) is 4.01. The molecule has 5 N–H and O–H groups in total. The van der Waals surface area contributed by atoms with Crippen LogP contribution < -0.4 is 16.9 Å². The maximum Gasteiger partial charge on any atom is 0.221 e. The number of nitrogens with zero attached hydrogens (tertiary/aromatic N) is 4. The van der Waals surface area contributed by atoms with Gasteiger partial charge < -0.3 is 16.9 Å². The number of nitrogens with two attached hydrogens (primary N) is 2. The maximum atomic E-state index is 11.2. The van der Waals surface area contributed by atoms with Gasteiger partial charge in [0.2, 0.25) is 5.91 Å². The first kappa shape index (κ1) is 21.2. The number of para-hydroxylation sites is 1. The van der Waals surface area contributed by atoms with E-state index in [1.54, 1.807) is 42.6 Å². The second-order valence-corrected chi connectivity index (χ2v) is 6.95. The summed E-state index contributed by atoms with van der Waals surface area (Å²) in [6.45, 7) is 1.45. The van der Waals surface area contributed by atoms with Crippen molar-refractivity contribution in [1.82, 2.24) is 4.98 Å². The number of hydrogen-bond donors (Lipinski definition) is 3. The number of halogens is 2. The smallest absolute Gasteiger partial charge is 0.221 e. The Labute approximate surface area is 182 Å². The molecule has 1 heterocycles. The van der Waals surface area contributed by atoms with Crippen LogP contribution in [0.15, 0.2) is 70.1 Å². The van der Waals surface area contributed by atoms with Gasteiger partial charge in [-0.05, 0) is 35.9 Å². The van der Waals surface area contributed by atoms with Gasteiger partial charge in [0.25, 0.3) is 0 Å². The highest BCUT2D eigenvalue weighted by Crippen LogP contribution is 2.34. The highest BCUT2D eigenvalue weighted by atomic mass is 35.5. The van der Waals surface area contributed by atoms with Gasteiger partial charge in [-0.3, -0.25) is 4.79 Å². The fourth-order valence-corrected chi connectivity index (χ4v) is 3.14. The van der Waals surface area contributed by atoms with E-state index in [0.29, 0.717) is 27.0 Å². The van der Waals surface area contributed by atoms with Crippen LogP contribution in [0, 0.1) is 0 Å². The Hall–Kier alpha value is -3.49. The lowest BCUT2D eigenvalue weighted by Gasteiger charge is -2.09. The molecule has 2 aromatic carbocycles. The Balaban J connectivity index is 2.06. The summed E-state index contributed by atoms with van der Waals surface area (Å²) < 4.78 is 0. The number of carbonyl (C=O) groups is 1. The van der Waals surface area contributed by atoms with Crippen molar-refractivity contribution in [2.24, 2.45) is 21.2 Å². The number of nitrogen functional groups attached to an aromatic ring is 1. The van der Waals surface area contributed by atoms with Crippen molar-refractivity contribution in [2.75, 3.05) is 11.1 Å². The number of anilines is 2. The predicted molar refractivity (Wildman–Crippen MR) is 120 cm³/mol. The summed E-state index contributed by atoms with van der Waals surface area (Å²) in [6, 6.07) is 14.0. The number of pyridine rings is 1. The average Bonchev–Trinajstić information content (AvgIpc) is 2.71. The fourth-order valence-electron chi connectivity index (χ4n) is 2.65. The average molecular weight is 442 g/mol. The van der Waals surface area contributed by atoms with Crippen molar-refractivity contribution in [3.63, 3.8) is 0 Å². The first-order valence-electron chi connectivity index (χ1n) is 8.66. The van der Waals surface area contributed by atoms with Crippen molar-refractivity contribution in [3.8, 4) is 11.1 Å². The molecule has 30 heavy (non-hydrogen) atoms. The van der Waals surface area contributed by atoms with Crippen LogP contribution in [-0.4, -0.2) is 16.7 Å². The summed E-state index contributed by atoms with van der Waals surface area (Å²) in [5.41, 5.74) is 9.06. The predicted octanol–water partition coefficient (Wildman–Crippen LogP) is 5.00. The summed E-state index contributed by atoms with van der Waals surface area (Å²) in [4.78, 5) is 19.8. The van der Waals surface area contributed by atoms with Crippen molar-refractivity contribution >= 4 is 52.1 Å². The van der Waals surface area contributed by atoms with E-state index in [2.05, 4.69) is 25.6 Å². The summed E-state index contributed by atoms with van der Waals surface area (Å²) in [5.74, 6) is 5.41. The second kappa shape index (κ2) is 9.34. The van der Waals surface area contributed by atoms with Crippen LogP contribution >= 0.6 is 23.2 Å². The summed E-state index contributed by atoms with van der Waals surface area (Å²) in [5, 5.41) is 10.6. The fraction of sp³-hybridized carbons (Fsp3) is 0.0500. The Bertz CT molecular complexity index is 1120. The van der Waals surface area contributed by atoms with Crippen LogP contribution in [-0.2, 0) is 4.79 Å². The monoisotopic (exact) mass is 441 g/mol. The number of nitrogens with one attached hydrogen (secondary N) is 1. The molecule has 3 aromatic rings. The molecule has 10 heteroatoms. The third-order valence-corrected chi connectivity index (χ3v) is 4.62. The molecule has 0 spiro atoms. The molecule has 1 aromatic heterocycles. The minimum absolute atomic E-state index is 0.106. The molecular weight excluding hydrogens is 425 g/mol. The SMILES string of the molecule is CC(=O)Nc1ccc(-c2cnc(N)c(C(N=NN)=Nc3c(Cl)cccc3Cl)c2)cc1. The van der Waals surface area contributed by atoms with Crippen molar-refractivity contribution in [1.29, 1.82) is 0 Å². The van der Waals surface area contributed by atoms with Crippen molar-refractivity contribution < 1.29 is 4.79 Å². The van der Waals surface area contributed by atoms with Crippen LogP contribution in [0.4, 0.5) is 17.2 Å². The third kappa shape index (κ3) is 4.91. The molecule has 0 fully saturated rings. The van der Waals surface area contributed by atoms with Gasteiger partial charge in [-0.2, -0.15) is 0 Å². The lowest BCUT2D eigenvalue weighted by atomic mass is 10.0. The lowest BCUT2D eigenvalue weighted by Crippen LogP contribution is -2.06. The number of aromatic nitrogens is 1. The van der Waals surface area contributed by atoms with E-state index in [-0.39, 0.29) is 17.6 Å². The van der Waals surface area contributed by atoms with E-state index in [1.807, 2.05) is 12.1 Å². The van der Waals surface area contributed by atoms with E-state index >= 15 is 0 Å². The van der Waals surface area contributed by atoms with Gasteiger partial charge in [-0.25, -0.2) is 9.98 Å². The number of rotatable bonds is 4. The number of hydrogen-bond acceptors (Lipinski definition) is 5. The molecule has 0 aliphatic heterocycles. The first-order chi connectivity index (χ1) is 14.4. The van der Waals surface area contributed by atoms with Crippen molar-refractivity contribution in [3.05, 3.63) is 70.3 Å². The number of benzene rings is 2. The molecule has 152 valence electrons. The van der Waals surface area contributed by atoms with E-state index in [0.717, 1.165) is 11.1 Å². The Morgan fingerprint density at radius 1 is 1.07 bits per heavy atom. The topological polar surface area (TPSA) is 131 Å². The minimum atomic E-state index is -0.148. The molecular formula is C20H17Cl2N7O. The number of carbonyl (C=O) groups excluding carboxylic acids is 1. The van der Waals surface area contributed by atoms with E-state index in [4.69, 9.17) is 34.8 Å². The van der Waals surface area contributed by atoms with E-state index in [1.165, 1.54) is 6.92 Å². The Kier molecular flexibility index (Phi) is 6.61. The normalized spacial score (nSPS) is 11.6. The maximum absolute atomic E-state index is 11.2. The highest BCUT2D eigenvalue weighted by Gasteiger charge is 2.14. The van der Waals surface area contributed by atoms with Crippen molar-refractivity contribution in [2.45, 2.75) is 6.92 Å². The van der Waals surface area contributed by atoms with Crippen LogP contribution in [0.1, 0.15) is 12.5 Å². The minimum Gasteiger partial charge on any atom is -0.383 e. The summed E-state index contributed by atoms with van der Waals surface area (Å²) in [6.07, 6.45) is 1.62. The number of amidine groups is 1. The lowest BCUT2D eigenvalue weighted by molar-refractivity contribution is -0.114. The first-order valence-corrected chi connectivity index (χ1v) is 9.42. The molecule has 0 atom stereocenters. The number of amides is 1. The molecule has 8 nitrogen and oxygen atoms in total. The molecule has 0 aliphatic rings. The van der Waals surface area contributed by atoms with Crippen LogP contribution in [0.5, 0.6) is 0 Å². The van der Waals surface area contributed by atoms with Crippen LogP contribution in [0.2, 0.25) is 10.0 Å². The Morgan fingerprint density at radius 2 is 1.73 bits per heavy atom. The molecule has 0 radical (unpaired) electrons. The molecule has 0 bridgehead atoms. The quantitative estimate of drug-likeness (QED) is 0.172. The summed E-state index contributed by atoms with van der Waals surface area (Å²) in [7, 11) is 0. The molecule has 0 unspecified atom stereocenters. The van der Waals surface area contributed by atoms with Gasteiger partial charge in [-0.1, -0.05) is 46.6 Å². The van der Waals surface area contributed by atoms with Gasteiger partial charge in [0.1, 0.15) is 11.5 Å². The molecule has 3 rings (SSSR count). The Morgan fingerprint density at radius 3 is 2.33 bits per heavy atom. The number of aliphatic imine (C=N–C) groups is 1. The largest absolute Gasteiger partial charge is 0.383 e.